The van der Waals surface area contributed by atoms with Crippen molar-refractivity contribution < 1.29 is 4.74 Å². The minimum Gasteiger partial charge on any atom is -0.378 e. The van der Waals surface area contributed by atoms with Crippen LogP contribution in [0.4, 0.5) is 0 Å². The van der Waals surface area contributed by atoms with Crippen molar-refractivity contribution in [3.63, 3.8) is 0 Å². The van der Waals surface area contributed by atoms with Gasteiger partial charge in [0.15, 0.2) is 0 Å². The van der Waals surface area contributed by atoms with E-state index < -0.39 is 0 Å². The Morgan fingerprint density at radius 1 is 1.42 bits per heavy atom. The molecule has 2 aliphatic heterocycles. The highest BCUT2D eigenvalue weighted by Crippen LogP contribution is 2.43. The zero-order chi connectivity index (χ0) is 13.1. The number of thioether (sulfide) groups is 1. The molecule has 2 unspecified atom stereocenters. The van der Waals surface area contributed by atoms with Crippen LogP contribution in [-0.4, -0.2) is 24.5 Å². The zero-order valence-corrected chi connectivity index (χ0v) is 13.2. The summed E-state index contributed by atoms with van der Waals surface area (Å²) in [4.78, 5) is 0. The second kappa shape index (κ2) is 6.61. The lowest BCUT2D eigenvalue weighted by Crippen LogP contribution is -2.30. The molecule has 4 heteroatoms. The van der Waals surface area contributed by atoms with Gasteiger partial charge in [-0.05, 0) is 55.7 Å². The Balaban J connectivity index is 1.50. The number of nitrogens with one attached hydrogen (secondary N) is 1. The minimum absolute atomic E-state index is 0.499. The maximum Gasteiger partial charge on any atom is 0.0649 e. The maximum absolute atomic E-state index is 5.80. The molecule has 1 aromatic heterocycles. The molecule has 1 N–H and O–H groups in total. The first-order chi connectivity index (χ1) is 9.33. The summed E-state index contributed by atoms with van der Waals surface area (Å²) in [7, 11) is 0. The van der Waals surface area contributed by atoms with Gasteiger partial charge in [-0.15, -0.1) is 23.1 Å². The first kappa shape index (κ1) is 13.9. The van der Waals surface area contributed by atoms with Gasteiger partial charge >= 0.3 is 0 Å². The molecule has 0 radical (unpaired) electrons. The number of hydrogen-bond acceptors (Lipinski definition) is 4. The van der Waals surface area contributed by atoms with Crippen LogP contribution in [0.15, 0.2) is 15.7 Å². The highest BCUT2D eigenvalue weighted by atomic mass is 32.2. The molecule has 2 aliphatic rings. The van der Waals surface area contributed by atoms with E-state index >= 15 is 0 Å². The lowest BCUT2D eigenvalue weighted by molar-refractivity contribution is 0.0111. The molecule has 3 atom stereocenters. The van der Waals surface area contributed by atoms with Crippen LogP contribution in [0.5, 0.6) is 0 Å². The smallest absolute Gasteiger partial charge is 0.0649 e. The van der Waals surface area contributed by atoms with Gasteiger partial charge in [0.05, 0.1) is 10.3 Å². The maximum atomic E-state index is 5.80. The van der Waals surface area contributed by atoms with E-state index in [0.717, 1.165) is 24.8 Å². The minimum atomic E-state index is 0.499. The molecular formula is C15H23NOS2. The fraction of sp³-hybridized carbons (Fsp3) is 0.733. The summed E-state index contributed by atoms with van der Waals surface area (Å²) in [5.74, 6) is 0. The molecule has 2 nitrogen and oxygen atoms in total. The summed E-state index contributed by atoms with van der Waals surface area (Å²) < 4.78 is 7.32. The van der Waals surface area contributed by atoms with Crippen LogP contribution < -0.4 is 5.32 Å². The summed E-state index contributed by atoms with van der Waals surface area (Å²) in [5, 5.41) is 6.72. The van der Waals surface area contributed by atoms with Crippen LogP contribution >= 0.6 is 23.1 Å². The second-order valence-corrected chi connectivity index (χ2v) is 8.23. The Morgan fingerprint density at radius 2 is 2.37 bits per heavy atom. The van der Waals surface area contributed by atoms with Gasteiger partial charge in [0.25, 0.3) is 0 Å². The van der Waals surface area contributed by atoms with Crippen molar-refractivity contribution >= 4 is 23.1 Å². The molecule has 0 amide bonds. The van der Waals surface area contributed by atoms with Crippen LogP contribution in [0.3, 0.4) is 0 Å². The van der Waals surface area contributed by atoms with E-state index in [1.807, 2.05) is 23.1 Å². The molecule has 0 spiro atoms. The quantitative estimate of drug-likeness (QED) is 0.899. The number of thiophene rings is 1. The Morgan fingerprint density at radius 3 is 3.21 bits per heavy atom. The molecule has 3 rings (SSSR count). The number of fused-ring (bicyclic) bond motifs is 1. The molecule has 3 heterocycles. The molecule has 1 fully saturated rings. The van der Waals surface area contributed by atoms with E-state index in [9.17, 15) is 0 Å². The van der Waals surface area contributed by atoms with Crippen molar-refractivity contribution in [3.05, 3.63) is 17.0 Å². The van der Waals surface area contributed by atoms with E-state index in [0.29, 0.717) is 12.1 Å². The summed E-state index contributed by atoms with van der Waals surface area (Å²) in [6.07, 6.45) is 6.76. The van der Waals surface area contributed by atoms with Crippen LogP contribution in [0.25, 0.3) is 0 Å². The lowest BCUT2D eigenvalue weighted by Gasteiger charge is -2.29. The topological polar surface area (TPSA) is 21.3 Å². The average molecular weight is 297 g/mol. The van der Waals surface area contributed by atoms with Crippen LogP contribution in [0.2, 0.25) is 0 Å². The van der Waals surface area contributed by atoms with E-state index in [2.05, 4.69) is 23.7 Å². The fourth-order valence-corrected chi connectivity index (χ4v) is 5.56. The Hall–Kier alpha value is -0.0300. The molecule has 0 aliphatic carbocycles. The third-order valence-electron chi connectivity index (χ3n) is 4.04. The van der Waals surface area contributed by atoms with Crippen molar-refractivity contribution in [3.8, 4) is 0 Å². The summed E-state index contributed by atoms with van der Waals surface area (Å²) in [6.45, 7) is 4.39. The highest BCUT2D eigenvalue weighted by molar-refractivity contribution is 8.01. The zero-order valence-electron chi connectivity index (χ0n) is 11.6. The van der Waals surface area contributed by atoms with Crippen molar-refractivity contribution in [1.29, 1.82) is 0 Å². The lowest BCUT2D eigenvalue weighted by atomic mass is 10.0. The van der Waals surface area contributed by atoms with Gasteiger partial charge in [-0.3, -0.25) is 0 Å². The first-order valence-corrected chi connectivity index (χ1v) is 9.18. The molecule has 1 aromatic rings. The first-order valence-electron chi connectivity index (χ1n) is 7.42. The van der Waals surface area contributed by atoms with Crippen molar-refractivity contribution in [2.75, 3.05) is 13.2 Å². The Bertz CT molecular complexity index is 401. The monoisotopic (exact) mass is 297 g/mol. The largest absolute Gasteiger partial charge is 0.378 e. The fourth-order valence-electron chi connectivity index (χ4n) is 3.00. The van der Waals surface area contributed by atoms with Gasteiger partial charge in [-0.25, -0.2) is 0 Å². The number of hydrogen-bond donors (Lipinski definition) is 1. The van der Waals surface area contributed by atoms with Gasteiger partial charge in [0.2, 0.25) is 0 Å². The molecule has 106 valence electrons. The SMILES string of the molecule is C[C@H]1CC(NCCC2CCCCO2)c2ccsc2S1. The average Bonchev–Trinajstić information content (AvgIpc) is 2.88. The van der Waals surface area contributed by atoms with Crippen LogP contribution in [-0.2, 0) is 4.74 Å². The van der Waals surface area contributed by atoms with Crippen molar-refractivity contribution in [2.45, 2.75) is 60.6 Å². The van der Waals surface area contributed by atoms with Gasteiger partial charge in [-0.1, -0.05) is 6.92 Å². The van der Waals surface area contributed by atoms with E-state index in [4.69, 9.17) is 4.74 Å². The van der Waals surface area contributed by atoms with Gasteiger partial charge < -0.3 is 10.1 Å². The Labute approximate surface area is 124 Å². The molecule has 1 saturated heterocycles. The normalized spacial score (nSPS) is 31.1. The number of ether oxygens (including phenoxy) is 1. The standard InChI is InChI=1S/C15H23NOS2/c1-11-10-14(13-6-9-18-15(13)19-11)16-7-5-12-4-2-3-8-17-12/h6,9,11-12,14,16H,2-5,7-8,10H2,1H3/t11-,12?,14?/m0/s1. The van der Waals surface area contributed by atoms with E-state index in [-0.39, 0.29) is 0 Å². The predicted octanol–water partition coefficient (Wildman–Crippen LogP) is 4.22. The molecule has 0 bridgehead atoms. The van der Waals surface area contributed by atoms with Gasteiger partial charge in [0, 0.05) is 17.9 Å². The van der Waals surface area contributed by atoms with Crippen molar-refractivity contribution in [2.24, 2.45) is 0 Å². The van der Waals surface area contributed by atoms with Crippen LogP contribution in [0.1, 0.15) is 50.6 Å². The van der Waals surface area contributed by atoms with Gasteiger partial charge in [-0.2, -0.15) is 0 Å². The highest BCUT2D eigenvalue weighted by Gasteiger charge is 2.26. The Kier molecular flexibility index (Phi) is 4.85. The predicted molar refractivity (Wildman–Crippen MR) is 83.2 cm³/mol. The third-order valence-corrected chi connectivity index (χ3v) is 6.38. The van der Waals surface area contributed by atoms with Crippen molar-refractivity contribution in [1.82, 2.24) is 5.32 Å². The second-order valence-electron chi connectivity index (χ2n) is 5.61. The van der Waals surface area contributed by atoms with E-state index in [1.54, 1.807) is 0 Å². The molecule has 19 heavy (non-hydrogen) atoms. The van der Waals surface area contributed by atoms with Crippen LogP contribution in [0, 0.1) is 0 Å². The number of rotatable bonds is 4. The van der Waals surface area contributed by atoms with E-state index in [1.165, 1.54) is 35.5 Å². The van der Waals surface area contributed by atoms with Gasteiger partial charge in [0.1, 0.15) is 0 Å². The molecule has 0 aromatic carbocycles. The summed E-state index contributed by atoms with van der Waals surface area (Å²) in [6, 6.07) is 2.86. The molecule has 0 saturated carbocycles. The summed E-state index contributed by atoms with van der Waals surface area (Å²) in [5.41, 5.74) is 1.53. The third kappa shape index (κ3) is 3.54. The molecular weight excluding hydrogens is 274 g/mol. The summed E-state index contributed by atoms with van der Waals surface area (Å²) >= 11 is 3.93.